The van der Waals surface area contributed by atoms with Gasteiger partial charge < -0.3 is 14.4 Å². The molecule has 0 aliphatic carbocycles. The predicted molar refractivity (Wildman–Crippen MR) is 99.3 cm³/mol. The SMILES string of the molecule is CCc1ccc2c(cnn2C2CCN(C3CCOCC3)CC2)c1OC. The smallest absolute Gasteiger partial charge is 0.133 e. The van der Waals surface area contributed by atoms with Crippen molar-refractivity contribution < 1.29 is 9.47 Å². The standard InChI is InChI=1S/C20H29N3O2/c1-3-15-4-5-19-18(20(15)24-2)14-21-23(19)17-6-10-22(11-7-17)16-8-12-25-13-9-16/h4-5,14,16-17H,3,6-13H2,1-2H3. The minimum atomic E-state index is 0.491. The van der Waals surface area contributed by atoms with Crippen LogP contribution in [0.2, 0.25) is 0 Å². The molecule has 1 aromatic heterocycles. The van der Waals surface area contributed by atoms with Crippen molar-refractivity contribution in [2.24, 2.45) is 0 Å². The van der Waals surface area contributed by atoms with Gasteiger partial charge in [-0.15, -0.1) is 0 Å². The number of piperidine rings is 1. The van der Waals surface area contributed by atoms with Crippen molar-refractivity contribution in [3.8, 4) is 5.75 Å². The van der Waals surface area contributed by atoms with E-state index in [1.165, 1.54) is 49.9 Å². The van der Waals surface area contributed by atoms with E-state index in [1.54, 1.807) is 7.11 Å². The maximum Gasteiger partial charge on any atom is 0.133 e. The largest absolute Gasteiger partial charge is 0.496 e. The van der Waals surface area contributed by atoms with E-state index in [9.17, 15) is 0 Å². The molecule has 25 heavy (non-hydrogen) atoms. The van der Waals surface area contributed by atoms with E-state index in [2.05, 4.69) is 28.6 Å². The van der Waals surface area contributed by atoms with Gasteiger partial charge in [-0.05, 0) is 43.7 Å². The van der Waals surface area contributed by atoms with Crippen LogP contribution in [0.1, 0.15) is 44.2 Å². The van der Waals surface area contributed by atoms with Gasteiger partial charge in [0.1, 0.15) is 5.75 Å². The Morgan fingerprint density at radius 1 is 1.12 bits per heavy atom. The Balaban J connectivity index is 1.51. The number of likely N-dealkylation sites (tertiary alicyclic amines) is 1. The lowest BCUT2D eigenvalue weighted by atomic mass is 9.99. The summed E-state index contributed by atoms with van der Waals surface area (Å²) in [6.07, 6.45) is 7.68. The van der Waals surface area contributed by atoms with Gasteiger partial charge in [0.15, 0.2) is 0 Å². The topological polar surface area (TPSA) is 39.5 Å². The third-order valence-corrected chi connectivity index (χ3v) is 5.95. The van der Waals surface area contributed by atoms with Crippen LogP contribution >= 0.6 is 0 Å². The number of rotatable bonds is 4. The van der Waals surface area contributed by atoms with Gasteiger partial charge in [0.25, 0.3) is 0 Å². The first-order chi connectivity index (χ1) is 12.3. The number of ether oxygens (including phenoxy) is 2. The summed E-state index contributed by atoms with van der Waals surface area (Å²) in [7, 11) is 1.76. The van der Waals surface area contributed by atoms with Gasteiger partial charge in [-0.3, -0.25) is 4.68 Å². The number of hydrogen-bond acceptors (Lipinski definition) is 4. The summed E-state index contributed by atoms with van der Waals surface area (Å²) >= 11 is 0. The number of aromatic nitrogens is 2. The van der Waals surface area contributed by atoms with Crippen LogP contribution in [0, 0.1) is 0 Å². The van der Waals surface area contributed by atoms with Crippen LogP contribution in [0.25, 0.3) is 10.9 Å². The summed E-state index contributed by atoms with van der Waals surface area (Å²) in [4.78, 5) is 2.67. The Labute approximate surface area is 149 Å². The molecule has 2 saturated heterocycles. The van der Waals surface area contributed by atoms with Crippen LogP contribution in [0.4, 0.5) is 0 Å². The van der Waals surface area contributed by atoms with E-state index in [0.717, 1.165) is 36.8 Å². The lowest BCUT2D eigenvalue weighted by Crippen LogP contribution is -2.44. The van der Waals surface area contributed by atoms with Gasteiger partial charge >= 0.3 is 0 Å². The first-order valence-electron chi connectivity index (χ1n) is 9.66. The van der Waals surface area contributed by atoms with Crippen molar-refractivity contribution in [1.29, 1.82) is 0 Å². The molecule has 3 heterocycles. The van der Waals surface area contributed by atoms with Gasteiger partial charge in [-0.2, -0.15) is 5.10 Å². The maximum atomic E-state index is 5.67. The summed E-state index contributed by atoms with van der Waals surface area (Å²) in [5.74, 6) is 0.992. The molecule has 0 radical (unpaired) electrons. The summed E-state index contributed by atoms with van der Waals surface area (Å²) in [6, 6.07) is 5.62. The third-order valence-electron chi connectivity index (χ3n) is 5.95. The summed E-state index contributed by atoms with van der Waals surface area (Å²) in [5, 5.41) is 5.89. The fraction of sp³-hybridized carbons (Fsp3) is 0.650. The number of benzene rings is 1. The second-order valence-corrected chi connectivity index (χ2v) is 7.24. The quantitative estimate of drug-likeness (QED) is 0.853. The van der Waals surface area contributed by atoms with Gasteiger partial charge in [-0.25, -0.2) is 0 Å². The average Bonchev–Trinajstić information content (AvgIpc) is 3.12. The van der Waals surface area contributed by atoms with Crippen molar-refractivity contribution in [3.63, 3.8) is 0 Å². The fourth-order valence-electron chi connectivity index (χ4n) is 4.50. The molecule has 5 heteroatoms. The zero-order chi connectivity index (χ0) is 17.2. The number of aryl methyl sites for hydroxylation is 1. The molecule has 136 valence electrons. The minimum Gasteiger partial charge on any atom is -0.496 e. The van der Waals surface area contributed by atoms with E-state index in [1.807, 2.05) is 6.20 Å². The highest BCUT2D eigenvalue weighted by molar-refractivity contribution is 5.86. The number of hydrogen-bond donors (Lipinski definition) is 0. The van der Waals surface area contributed by atoms with Crippen molar-refractivity contribution in [3.05, 3.63) is 23.9 Å². The van der Waals surface area contributed by atoms with Gasteiger partial charge in [0.05, 0.1) is 30.3 Å². The molecule has 2 aromatic rings. The summed E-state index contributed by atoms with van der Waals surface area (Å²) < 4.78 is 13.4. The Morgan fingerprint density at radius 2 is 1.88 bits per heavy atom. The molecule has 2 aliphatic heterocycles. The zero-order valence-corrected chi connectivity index (χ0v) is 15.4. The lowest BCUT2D eigenvalue weighted by Gasteiger charge is -2.39. The van der Waals surface area contributed by atoms with Crippen molar-refractivity contribution in [2.75, 3.05) is 33.4 Å². The first kappa shape index (κ1) is 16.9. The Hall–Kier alpha value is -1.59. The molecule has 0 N–H and O–H groups in total. The molecule has 0 atom stereocenters. The number of nitrogens with zero attached hydrogens (tertiary/aromatic N) is 3. The fourth-order valence-corrected chi connectivity index (χ4v) is 4.50. The zero-order valence-electron chi connectivity index (χ0n) is 15.4. The molecule has 0 bridgehead atoms. The van der Waals surface area contributed by atoms with Crippen molar-refractivity contribution in [1.82, 2.24) is 14.7 Å². The van der Waals surface area contributed by atoms with Crippen molar-refractivity contribution >= 4 is 10.9 Å². The highest BCUT2D eigenvalue weighted by atomic mass is 16.5. The van der Waals surface area contributed by atoms with Crippen LogP contribution in [-0.4, -0.2) is 54.1 Å². The van der Waals surface area contributed by atoms with E-state index >= 15 is 0 Å². The van der Waals surface area contributed by atoms with Gasteiger partial charge in [0.2, 0.25) is 0 Å². The maximum absolute atomic E-state index is 5.67. The van der Waals surface area contributed by atoms with Crippen LogP contribution in [0.15, 0.2) is 18.3 Å². The molecule has 0 spiro atoms. The predicted octanol–water partition coefficient (Wildman–Crippen LogP) is 3.42. The molecular formula is C20H29N3O2. The molecule has 2 fully saturated rings. The van der Waals surface area contributed by atoms with Gasteiger partial charge in [0, 0.05) is 32.3 Å². The molecule has 0 amide bonds. The highest BCUT2D eigenvalue weighted by Crippen LogP contribution is 2.34. The molecule has 4 rings (SSSR count). The molecular weight excluding hydrogens is 314 g/mol. The Bertz CT molecular complexity index is 713. The van der Waals surface area contributed by atoms with Crippen molar-refractivity contribution in [2.45, 2.75) is 51.1 Å². The number of methoxy groups -OCH3 is 1. The third kappa shape index (κ3) is 3.15. The van der Waals surface area contributed by atoms with E-state index in [4.69, 9.17) is 14.6 Å². The first-order valence-corrected chi connectivity index (χ1v) is 9.66. The summed E-state index contributed by atoms with van der Waals surface area (Å²) in [5.41, 5.74) is 2.46. The van der Waals surface area contributed by atoms with E-state index < -0.39 is 0 Å². The van der Waals surface area contributed by atoms with Crippen LogP contribution in [0.5, 0.6) is 5.75 Å². The molecule has 0 saturated carbocycles. The monoisotopic (exact) mass is 343 g/mol. The van der Waals surface area contributed by atoms with Gasteiger partial charge in [-0.1, -0.05) is 13.0 Å². The molecule has 5 nitrogen and oxygen atoms in total. The summed E-state index contributed by atoms with van der Waals surface area (Å²) in [6.45, 7) is 6.35. The van der Waals surface area contributed by atoms with E-state index in [-0.39, 0.29) is 0 Å². The Kier molecular flexibility index (Phi) is 4.95. The molecule has 2 aliphatic rings. The number of fused-ring (bicyclic) bond motifs is 1. The normalized spacial score (nSPS) is 21.0. The lowest BCUT2D eigenvalue weighted by molar-refractivity contribution is 0.0215. The second-order valence-electron chi connectivity index (χ2n) is 7.24. The van der Waals surface area contributed by atoms with E-state index in [0.29, 0.717) is 6.04 Å². The van der Waals surface area contributed by atoms with Crippen LogP contribution < -0.4 is 4.74 Å². The Morgan fingerprint density at radius 3 is 2.56 bits per heavy atom. The van der Waals surface area contributed by atoms with Crippen LogP contribution in [-0.2, 0) is 11.2 Å². The average molecular weight is 343 g/mol. The molecule has 0 unspecified atom stereocenters. The molecule has 1 aromatic carbocycles. The second kappa shape index (κ2) is 7.34. The van der Waals surface area contributed by atoms with Crippen LogP contribution in [0.3, 0.4) is 0 Å². The highest BCUT2D eigenvalue weighted by Gasteiger charge is 2.28. The minimum absolute atomic E-state index is 0.491.